The molecule has 0 saturated heterocycles. The van der Waals surface area contributed by atoms with Crippen LogP contribution in [0.3, 0.4) is 0 Å². The van der Waals surface area contributed by atoms with E-state index < -0.39 is 0 Å². The predicted octanol–water partition coefficient (Wildman–Crippen LogP) is 0.438. The van der Waals surface area contributed by atoms with Gasteiger partial charge in [-0.3, -0.25) is 9.48 Å². The first-order valence-electron chi connectivity index (χ1n) is 3.71. The van der Waals surface area contributed by atoms with Crippen molar-refractivity contribution in [2.75, 3.05) is 0 Å². The van der Waals surface area contributed by atoms with Gasteiger partial charge in [0.1, 0.15) is 12.5 Å². The van der Waals surface area contributed by atoms with E-state index in [0.717, 1.165) is 19.4 Å². The first kappa shape index (κ1) is 7.91. The molecule has 1 heterocycles. The Morgan fingerprint density at radius 3 is 3.00 bits per heavy atom. The van der Waals surface area contributed by atoms with Gasteiger partial charge in [-0.05, 0) is 6.42 Å². The van der Waals surface area contributed by atoms with E-state index >= 15 is 0 Å². The van der Waals surface area contributed by atoms with Crippen LogP contribution in [-0.4, -0.2) is 14.8 Å². The summed E-state index contributed by atoms with van der Waals surface area (Å²) in [5, 5.41) is 3.86. The third kappa shape index (κ3) is 2.49. The Balaban J connectivity index is 2.59. The van der Waals surface area contributed by atoms with Gasteiger partial charge in [-0.25, -0.2) is 0 Å². The molecule has 0 radical (unpaired) electrons. The van der Waals surface area contributed by atoms with E-state index in [-0.39, 0.29) is 5.56 Å². The van der Waals surface area contributed by atoms with Crippen LogP contribution in [0, 0.1) is 0 Å². The highest BCUT2D eigenvalue weighted by Gasteiger charge is 1.88. The van der Waals surface area contributed by atoms with Crippen LogP contribution in [0.15, 0.2) is 17.3 Å². The zero-order chi connectivity index (χ0) is 8.10. The maximum Gasteiger partial charge on any atom is 0.291 e. The van der Waals surface area contributed by atoms with Crippen LogP contribution in [0.1, 0.15) is 19.8 Å². The monoisotopic (exact) mass is 153 g/mol. The molecule has 60 valence electrons. The molecule has 0 aliphatic heterocycles. The minimum atomic E-state index is -0.280. The minimum absolute atomic E-state index is 0.280. The van der Waals surface area contributed by atoms with Crippen LogP contribution in [0.2, 0.25) is 0 Å². The van der Waals surface area contributed by atoms with Gasteiger partial charge in [0.25, 0.3) is 5.56 Å². The van der Waals surface area contributed by atoms with E-state index in [1.807, 2.05) is 0 Å². The molecule has 11 heavy (non-hydrogen) atoms. The smallest absolute Gasteiger partial charge is 0.266 e. The first-order valence-corrected chi connectivity index (χ1v) is 3.71. The number of rotatable bonds is 3. The zero-order valence-corrected chi connectivity index (χ0v) is 6.53. The summed E-state index contributed by atoms with van der Waals surface area (Å²) in [5.41, 5.74) is -0.280. The lowest BCUT2D eigenvalue weighted by Crippen LogP contribution is -2.12. The molecule has 1 aromatic heterocycles. The fourth-order valence-corrected chi connectivity index (χ4v) is 0.746. The molecule has 1 rings (SSSR count). The van der Waals surface area contributed by atoms with Gasteiger partial charge in [0.2, 0.25) is 0 Å². The van der Waals surface area contributed by atoms with Crippen LogP contribution >= 0.6 is 0 Å². The lowest BCUT2D eigenvalue weighted by atomic mass is 10.3. The number of nitrogens with zero attached hydrogens (tertiary/aromatic N) is 3. The second kappa shape index (κ2) is 3.85. The van der Waals surface area contributed by atoms with E-state index in [0.29, 0.717) is 0 Å². The van der Waals surface area contributed by atoms with E-state index in [1.165, 1.54) is 12.5 Å². The molecule has 4 heteroatoms. The summed E-state index contributed by atoms with van der Waals surface area (Å²) < 4.78 is 1.67. The molecule has 0 unspecified atom stereocenters. The zero-order valence-electron chi connectivity index (χ0n) is 6.53. The van der Waals surface area contributed by atoms with Gasteiger partial charge >= 0.3 is 0 Å². The van der Waals surface area contributed by atoms with Crippen molar-refractivity contribution in [3.05, 3.63) is 22.9 Å². The van der Waals surface area contributed by atoms with Crippen LogP contribution < -0.4 is 5.56 Å². The number of hydrogen-bond acceptors (Lipinski definition) is 3. The topological polar surface area (TPSA) is 47.8 Å². The Labute approximate surface area is 64.9 Å². The first-order chi connectivity index (χ1) is 5.33. The third-order valence-electron chi connectivity index (χ3n) is 1.38. The van der Waals surface area contributed by atoms with Gasteiger partial charge in [0.05, 0.1) is 0 Å². The second-order valence-corrected chi connectivity index (χ2v) is 2.34. The van der Waals surface area contributed by atoms with Crippen LogP contribution in [-0.2, 0) is 6.54 Å². The summed E-state index contributed by atoms with van der Waals surface area (Å²) in [5.74, 6) is 0. The molecule has 1 aromatic rings. The average molecular weight is 153 g/mol. The van der Waals surface area contributed by atoms with Crippen molar-refractivity contribution < 1.29 is 0 Å². The van der Waals surface area contributed by atoms with Crippen LogP contribution in [0.4, 0.5) is 0 Å². The highest BCUT2D eigenvalue weighted by Crippen LogP contribution is 1.88. The maximum absolute atomic E-state index is 10.5. The molecule has 0 aliphatic carbocycles. The Hall–Kier alpha value is -1.19. The van der Waals surface area contributed by atoms with Crippen molar-refractivity contribution in [1.29, 1.82) is 0 Å². The average Bonchev–Trinajstić information content (AvgIpc) is 2.04. The molecule has 0 aliphatic rings. The Bertz CT molecular complexity index is 248. The number of unbranched alkanes of at least 4 members (excludes halogenated alkanes) is 1. The summed E-state index contributed by atoms with van der Waals surface area (Å²) in [4.78, 5) is 14.1. The lowest BCUT2D eigenvalue weighted by molar-refractivity contribution is 0.545. The molecular weight excluding hydrogens is 142 g/mol. The largest absolute Gasteiger partial charge is 0.291 e. The molecule has 0 N–H and O–H groups in total. The lowest BCUT2D eigenvalue weighted by Gasteiger charge is -1.99. The molecule has 0 amide bonds. The third-order valence-corrected chi connectivity index (χ3v) is 1.38. The molecule has 0 saturated carbocycles. The molecule has 0 atom stereocenters. The number of aromatic nitrogens is 3. The number of hydrogen-bond donors (Lipinski definition) is 0. The van der Waals surface area contributed by atoms with E-state index in [1.54, 1.807) is 4.68 Å². The van der Waals surface area contributed by atoms with Crippen molar-refractivity contribution in [2.45, 2.75) is 26.3 Å². The maximum atomic E-state index is 10.5. The molecule has 4 nitrogen and oxygen atoms in total. The van der Waals surface area contributed by atoms with Gasteiger partial charge in [0.15, 0.2) is 0 Å². The standard InChI is InChI=1S/C7H11N3O/c1-2-3-4-10-6-8-7(11)5-9-10/h5-6H,2-4H2,1H3. The number of aryl methyl sites for hydroxylation is 1. The highest BCUT2D eigenvalue weighted by molar-refractivity contribution is 4.67. The van der Waals surface area contributed by atoms with E-state index in [4.69, 9.17) is 0 Å². The molecule has 0 bridgehead atoms. The van der Waals surface area contributed by atoms with Gasteiger partial charge in [-0.1, -0.05) is 13.3 Å². The van der Waals surface area contributed by atoms with Crippen molar-refractivity contribution >= 4 is 0 Å². The van der Waals surface area contributed by atoms with Crippen LogP contribution in [0.25, 0.3) is 0 Å². The van der Waals surface area contributed by atoms with Crippen molar-refractivity contribution in [2.24, 2.45) is 0 Å². The SMILES string of the molecule is CCCCn1cnc(=O)cn1. The highest BCUT2D eigenvalue weighted by atomic mass is 16.1. The Morgan fingerprint density at radius 1 is 1.64 bits per heavy atom. The van der Waals surface area contributed by atoms with Crippen molar-refractivity contribution in [1.82, 2.24) is 14.8 Å². The van der Waals surface area contributed by atoms with Crippen molar-refractivity contribution in [3.63, 3.8) is 0 Å². The predicted molar refractivity (Wildman–Crippen MR) is 41.2 cm³/mol. The van der Waals surface area contributed by atoms with Gasteiger partial charge in [0, 0.05) is 6.54 Å². The normalized spacial score (nSPS) is 9.91. The van der Waals surface area contributed by atoms with Crippen molar-refractivity contribution in [3.8, 4) is 0 Å². The van der Waals surface area contributed by atoms with Gasteiger partial charge < -0.3 is 0 Å². The fourth-order valence-electron chi connectivity index (χ4n) is 0.746. The Kier molecular flexibility index (Phi) is 2.77. The fraction of sp³-hybridized carbons (Fsp3) is 0.571. The summed E-state index contributed by atoms with van der Waals surface area (Å²) in [6.45, 7) is 2.94. The minimum Gasteiger partial charge on any atom is -0.266 e. The molecule has 0 aromatic carbocycles. The van der Waals surface area contributed by atoms with E-state index in [9.17, 15) is 4.79 Å². The van der Waals surface area contributed by atoms with Gasteiger partial charge in [-0.2, -0.15) is 10.1 Å². The summed E-state index contributed by atoms with van der Waals surface area (Å²) >= 11 is 0. The Morgan fingerprint density at radius 2 is 2.45 bits per heavy atom. The summed E-state index contributed by atoms with van der Waals surface area (Å²) in [7, 11) is 0. The van der Waals surface area contributed by atoms with Crippen LogP contribution in [0.5, 0.6) is 0 Å². The second-order valence-electron chi connectivity index (χ2n) is 2.34. The quantitative estimate of drug-likeness (QED) is 0.633. The molecule has 0 fully saturated rings. The van der Waals surface area contributed by atoms with E-state index in [2.05, 4.69) is 17.0 Å². The summed E-state index contributed by atoms with van der Waals surface area (Å²) in [6.07, 6.45) is 4.89. The summed E-state index contributed by atoms with van der Waals surface area (Å²) in [6, 6.07) is 0. The molecular formula is C7H11N3O. The van der Waals surface area contributed by atoms with Gasteiger partial charge in [-0.15, -0.1) is 0 Å². The molecule has 0 spiro atoms.